The molecule has 0 fully saturated rings. The predicted octanol–water partition coefficient (Wildman–Crippen LogP) is 6.37. The van der Waals surface area contributed by atoms with Gasteiger partial charge in [-0.15, -0.1) is 0 Å². The van der Waals surface area contributed by atoms with Crippen LogP contribution >= 0.6 is 11.6 Å². The van der Waals surface area contributed by atoms with Gasteiger partial charge in [0.2, 0.25) is 5.88 Å². The molecule has 0 saturated heterocycles. The Hall–Kier alpha value is -3.29. The van der Waals surface area contributed by atoms with E-state index in [0.717, 1.165) is 5.56 Å². The number of aryl methyl sites for hydroxylation is 1. The summed E-state index contributed by atoms with van der Waals surface area (Å²) in [5.41, 5.74) is 1.71. The molecule has 1 aromatic heterocycles. The molecule has 0 spiro atoms. The Balaban J connectivity index is 0.00000129. The van der Waals surface area contributed by atoms with Crippen molar-refractivity contribution in [2.45, 2.75) is 47.1 Å². The minimum Gasteiger partial charge on any atom is -0.494 e. The summed E-state index contributed by atoms with van der Waals surface area (Å²) in [4.78, 5) is 12.6. The lowest BCUT2D eigenvalue weighted by Gasteiger charge is -2.14. The lowest BCUT2D eigenvalue weighted by Crippen LogP contribution is -2.19. The van der Waals surface area contributed by atoms with E-state index < -0.39 is 12.0 Å². The minimum absolute atomic E-state index is 0.00692. The van der Waals surface area contributed by atoms with Crippen LogP contribution in [0.3, 0.4) is 0 Å². The molecule has 0 aliphatic heterocycles. The molecule has 1 unspecified atom stereocenters. The molecule has 1 atom stereocenters. The molecule has 2 N–H and O–H groups in total. The van der Waals surface area contributed by atoms with Gasteiger partial charge in [0.1, 0.15) is 11.5 Å². The van der Waals surface area contributed by atoms with Crippen LogP contribution in [-0.2, 0) is 0 Å². The fourth-order valence-electron chi connectivity index (χ4n) is 3.05. The van der Waals surface area contributed by atoms with Crippen molar-refractivity contribution in [1.82, 2.24) is 15.1 Å². The van der Waals surface area contributed by atoms with Gasteiger partial charge in [-0.2, -0.15) is 9.78 Å². The normalized spacial score (nSPS) is 11.1. The van der Waals surface area contributed by atoms with E-state index in [1.54, 1.807) is 36.4 Å². The van der Waals surface area contributed by atoms with Gasteiger partial charge >= 0.3 is 0 Å². The predicted molar refractivity (Wildman–Crippen MR) is 135 cm³/mol. The fourth-order valence-corrected chi connectivity index (χ4v) is 3.36. The number of nitrogens with one attached hydrogen (secondary N) is 1. The van der Waals surface area contributed by atoms with Gasteiger partial charge in [-0.3, -0.25) is 4.79 Å². The van der Waals surface area contributed by atoms with Crippen molar-refractivity contribution >= 4 is 17.5 Å². The molecule has 182 valence electrons. The van der Waals surface area contributed by atoms with E-state index in [-0.39, 0.29) is 17.1 Å². The van der Waals surface area contributed by atoms with Gasteiger partial charge < -0.3 is 19.9 Å². The smallest absolute Gasteiger partial charge is 0.276 e. The van der Waals surface area contributed by atoms with Crippen LogP contribution in [-0.4, -0.2) is 27.4 Å². The number of halogens is 1. The van der Waals surface area contributed by atoms with Gasteiger partial charge in [-0.25, -0.2) is 0 Å². The van der Waals surface area contributed by atoms with Gasteiger partial charge in [0.25, 0.3) is 5.91 Å². The van der Waals surface area contributed by atoms with E-state index in [2.05, 4.69) is 30.8 Å². The summed E-state index contributed by atoms with van der Waals surface area (Å²) < 4.78 is 13.0. The van der Waals surface area contributed by atoms with E-state index in [9.17, 15) is 9.90 Å². The number of hydrogen-bond donors (Lipinski definition) is 2. The second kappa shape index (κ2) is 12.8. The highest BCUT2D eigenvalue weighted by molar-refractivity contribution is 6.32. The average Bonchev–Trinajstić information content (AvgIpc) is 3.15. The van der Waals surface area contributed by atoms with Crippen molar-refractivity contribution in [3.05, 3.63) is 77.1 Å². The molecule has 3 aromatic rings. The first-order valence-electron chi connectivity index (χ1n) is 11.2. The summed E-state index contributed by atoms with van der Waals surface area (Å²) in [6, 6.07) is 12.4. The monoisotopic (exact) mass is 485 g/mol. The molecule has 1 amide bonds. The first-order chi connectivity index (χ1) is 16.3. The van der Waals surface area contributed by atoms with Gasteiger partial charge in [-0.1, -0.05) is 44.5 Å². The number of rotatable bonds is 8. The zero-order chi connectivity index (χ0) is 25.3. The zero-order valence-corrected chi connectivity index (χ0v) is 21.0. The Labute approximate surface area is 206 Å². The third-order valence-corrected chi connectivity index (χ3v) is 4.73. The Morgan fingerprint density at radius 3 is 2.35 bits per heavy atom. The molecule has 0 saturated carbocycles. The highest BCUT2D eigenvalue weighted by Crippen LogP contribution is 2.37. The number of carbonyl (C=O) groups excluding carboxylic acids is 1. The number of nitrogens with zero attached hydrogens (tertiary/aromatic N) is 2. The topological polar surface area (TPSA) is 85.6 Å². The molecule has 1 heterocycles. The maximum Gasteiger partial charge on any atom is 0.276 e. The summed E-state index contributed by atoms with van der Waals surface area (Å²) in [6.45, 7) is 13.7. The van der Waals surface area contributed by atoms with Gasteiger partial charge in [-0.05, 0) is 68.9 Å². The Morgan fingerprint density at radius 1 is 1.21 bits per heavy atom. The van der Waals surface area contributed by atoms with Gasteiger partial charge in [0.15, 0.2) is 5.69 Å². The van der Waals surface area contributed by atoms with Crippen molar-refractivity contribution < 1.29 is 19.4 Å². The maximum absolute atomic E-state index is 12.6. The highest BCUT2D eigenvalue weighted by atomic mass is 35.5. The van der Waals surface area contributed by atoms with Crippen LogP contribution < -0.4 is 14.8 Å². The summed E-state index contributed by atoms with van der Waals surface area (Å²) in [6.07, 6.45) is 1.46. The second-order valence-corrected chi connectivity index (χ2v) is 7.91. The molecule has 2 aromatic carbocycles. The van der Waals surface area contributed by atoms with Crippen LogP contribution in [0.5, 0.6) is 17.4 Å². The molecule has 3 rings (SSSR count). The number of aromatic nitrogens is 2. The molecule has 0 radical (unpaired) electrons. The molecule has 8 heteroatoms. The quantitative estimate of drug-likeness (QED) is 0.387. The zero-order valence-electron chi connectivity index (χ0n) is 20.3. The highest BCUT2D eigenvalue weighted by Gasteiger charge is 2.29. The third kappa shape index (κ3) is 6.62. The van der Waals surface area contributed by atoms with E-state index in [1.165, 1.54) is 24.2 Å². The van der Waals surface area contributed by atoms with Crippen LogP contribution in [0.1, 0.15) is 61.8 Å². The van der Waals surface area contributed by atoms with E-state index in [0.29, 0.717) is 28.8 Å². The summed E-state index contributed by atoms with van der Waals surface area (Å²) in [5.74, 6) is 0.834. The van der Waals surface area contributed by atoms with Crippen LogP contribution in [0.25, 0.3) is 5.69 Å². The van der Waals surface area contributed by atoms with Crippen LogP contribution in [0.15, 0.2) is 55.2 Å². The van der Waals surface area contributed by atoms with E-state index >= 15 is 0 Å². The van der Waals surface area contributed by atoms with Crippen molar-refractivity contribution in [2.75, 3.05) is 6.61 Å². The largest absolute Gasteiger partial charge is 0.494 e. The third-order valence-electron chi connectivity index (χ3n) is 4.42. The second-order valence-electron chi connectivity index (χ2n) is 7.50. The fraction of sp³-hybridized carbons (Fsp3) is 0.308. The Bertz CT molecular complexity index is 1110. The van der Waals surface area contributed by atoms with E-state index in [1.807, 2.05) is 19.9 Å². The van der Waals surface area contributed by atoms with Gasteiger partial charge in [0, 0.05) is 0 Å². The maximum atomic E-state index is 12.6. The van der Waals surface area contributed by atoms with Crippen molar-refractivity contribution in [3.8, 4) is 23.1 Å². The summed E-state index contributed by atoms with van der Waals surface area (Å²) >= 11 is 6.46. The average molecular weight is 486 g/mol. The first kappa shape index (κ1) is 27.0. The minimum atomic E-state index is -1.04. The van der Waals surface area contributed by atoms with Crippen LogP contribution in [0.2, 0.25) is 5.02 Å². The Kier molecular flexibility index (Phi) is 10.2. The number of ether oxygens (including phenoxy) is 2. The van der Waals surface area contributed by atoms with Crippen LogP contribution in [0.4, 0.5) is 0 Å². The number of carbonyl (C=O) groups is 1. The molecular weight excluding hydrogens is 454 g/mol. The lowest BCUT2D eigenvalue weighted by molar-refractivity contribution is 0.0958. The van der Waals surface area contributed by atoms with E-state index in [4.69, 9.17) is 21.1 Å². The first-order valence-corrected chi connectivity index (χ1v) is 11.5. The number of amides is 1. The number of aliphatic hydroxyl groups excluding tert-OH is 1. The Morgan fingerprint density at radius 2 is 1.82 bits per heavy atom. The van der Waals surface area contributed by atoms with Gasteiger partial charge in [0.05, 0.1) is 29.0 Å². The lowest BCUT2D eigenvalue weighted by atomic mass is 10.1. The van der Waals surface area contributed by atoms with Crippen molar-refractivity contribution in [3.63, 3.8) is 0 Å². The van der Waals surface area contributed by atoms with Crippen LogP contribution in [0, 0.1) is 6.92 Å². The summed E-state index contributed by atoms with van der Waals surface area (Å²) in [5, 5.41) is 17.8. The molecule has 0 bridgehead atoms. The SMILES string of the molecule is C=CNC(=O)c1nn(-c2ccc(C)cc2Cl)c(Oc2ccc(OCC)cc2)c1C(C)O.CCC. The van der Waals surface area contributed by atoms with Crippen molar-refractivity contribution in [2.24, 2.45) is 0 Å². The number of hydrogen-bond acceptors (Lipinski definition) is 5. The summed E-state index contributed by atoms with van der Waals surface area (Å²) in [7, 11) is 0. The molecular formula is C26H32ClN3O4. The molecule has 0 aliphatic carbocycles. The number of aliphatic hydroxyl groups is 1. The van der Waals surface area contributed by atoms with Crippen molar-refractivity contribution in [1.29, 1.82) is 0 Å². The molecule has 7 nitrogen and oxygen atoms in total. The molecule has 0 aliphatic rings. The molecule has 34 heavy (non-hydrogen) atoms. The number of benzene rings is 2. The standard InChI is InChI=1S/C23H24ClN3O4.C3H8/c1-5-25-22(29)21-20(15(4)28)23(31-17-10-8-16(9-11-17)30-6-2)27(26-21)19-12-7-14(3)13-18(19)24;1-3-2/h5,7-13,15,28H,1,6H2,2-4H3,(H,25,29);3H2,1-2H3.